The van der Waals surface area contributed by atoms with Crippen LogP contribution in [0, 0.1) is 11.7 Å². The highest BCUT2D eigenvalue weighted by atomic mass is 35.5. The molecule has 3 N–H and O–H groups in total. The summed E-state index contributed by atoms with van der Waals surface area (Å²) in [7, 11) is -3.58. The number of benzene rings is 2. The molecule has 2 amide bonds. The Bertz CT molecular complexity index is 1600. The molecule has 3 fully saturated rings. The highest BCUT2D eigenvalue weighted by molar-refractivity contribution is 7.89. The number of rotatable bonds is 10. The number of nitrogens with zero attached hydrogens (tertiary/aromatic N) is 2. The van der Waals surface area contributed by atoms with Crippen LogP contribution in [0.1, 0.15) is 89.7 Å². The van der Waals surface area contributed by atoms with Gasteiger partial charge in [0, 0.05) is 54.0 Å². The van der Waals surface area contributed by atoms with Gasteiger partial charge in [-0.3, -0.25) is 4.79 Å². The Kier molecular flexibility index (Phi) is 12.5. The minimum atomic E-state index is -3.58. The van der Waals surface area contributed by atoms with Gasteiger partial charge < -0.3 is 25.4 Å². The molecule has 0 radical (unpaired) electrons. The molecule has 276 valence electrons. The van der Waals surface area contributed by atoms with Gasteiger partial charge in [-0.15, -0.1) is 0 Å². The Morgan fingerprint density at radius 3 is 2.42 bits per heavy atom. The second-order valence-electron chi connectivity index (χ2n) is 14.9. The molecule has 0 spiro atoms. The molecule has 2 heterocycles. The summed E-state index contributed by atoms with van der Waals surface area (Å²) >= 11 is 6.20. The van der Waals surface area contributed by atoms with Crippen molar-refractivity contribution in [2.45, 2.75) is 115 Å². The van der Waals surface area contributed by atoms with Gasteiger partial charge in [0.1, 0.15) is 11.4 Å². The number of piperazine rings is 1. The van der Waals surface area contributed by atoms with Crippen molar-refractivity contribution in [1.29, 1.82) is 0 Å². The Labute approximate surface area is 301 Å². The van der Waals surface area contributed by atoms with E-state index in [2.05, 4.69) is 5.32 Å². The van der Waals surface area contributed by atoms with Crippen LogP contribution < -0.4 is 11.1 Å². The lowest BCUT2D eigenvalue weighted by molar-refractivity contribution is -0.118. The maximum atomic E-state index is 15.5. The molecule has 1 saturated carbocycles. The average molecular weight is 735 g/mol. The lowest BCUT2D eigenvalue weighted by Crippen LogP contribution is -2.60. The monoisotopic (exact) mass is 734 g/mol. The van der Waals surface area contributed by atoms with E-state index in [9.17, 15) is 18.0 Å². The first-order valence-corrected chi connectivity index (χ1v) is 19.9. The van der Waals surface area contributed by atoms with Crippen LogP contribution in [0.2, 0.25) is 5.02 Å². The number of anilines is 1. The number of ether oxygens (including phenoxy) is 2. The zero-order chi connectivity index (χ0) is 36.2. The summed E-state index contributed by atoms with van der Waals surface area (Å²) in [5.41, 5.74) is 7.53. The van der Waals surface area contributed by atoms with Gasteiger partial charge in [0.2, 0.25) is 15.9 Å². The molecule has 2 aromatic rings. The second kappa shape index (κ2) is 16.3. The first-order valence-electron chi connectivity index (χ1n) is 17.9. The highest BCUT2D eigenvalue weighted by Crippen LogP contribution is 2.39. The highest BCUT2D eigenvalue weighted by Gasteiger charge is 2.44. The van der Waals surface area contributed by atoms with E-state index < -0.39 is 45.5 Å². The van der Waals surface area contributed by atoms with Crippen LogP contribution in [0.25, 0.3) is 0 Å². The molecular weight excluding hydrogens is 683 g/mol. The minimum absolute atomic E-state index is 0.0108. The number of hydrogen-bond acceptors (Lipinski definition) is 7. The van der Waals surface area contributed by atoms with Crippen LogP contribution in [0.3, 0.4) is 0 Å². The van der Waals surface area contributed by atoms with Crippen LogP contribution in [0.5, 0.6) is 0 Å². The Morgan fingerprint density at radius 2 is 1.76 bits per heavy atom. The maximum Gasteiger partial charge on any atom is 0.410 e. The quantitative estimate of drug-likeness (QED) is 0.286. The molecule has 50 heavy (non-hydrogen) atoms. The lowest BCUT2D eigenvalue weighted by Gasteiger charge is -2.44. The molecule has 10 nitrogen and oxygen atoms in total. The summed E-state index contributed by atoms with van der Waals surface area (Å²) in [6, 6.07) is 10.1. The third-order valence-electron chi connectivity index (χ3n) is 10.2. The van der Waals surface area contributed by atoms with Crippen molar-refractivity contribution in [3.05, 3.63) is 64.4 Å². The van der Waals surface area contributed by atoms with Crippen molar-refractivity contribution in [1.82, 2.24) is 9.21 Å². The topological polar surface area (TPSA) is 131 Å². The molecule has 2 saturated heterocycles. The SMILES string of the molecule is CCOC1CCC([C@H](c2ccc(Cl)cc2)[C@H](N)C(=O)Nc2cccc(F)c2CC[C@H]2CN(C(=O)OC(C)(C)C)[C@@H]3CCCS(=O)(=O)N2C3)CC1. The Morgan fingerprint density at radius 1 is 1.06 bits per heavy atom. The van der Waals surface area contributed by atoms with E-state index in [0.717, 1.165) is 31.2 Å². The summed E-state index contributed by atoms with van der Waals surface area (Å²) < 4.78 is 55.2. The molecule has 5 atom stereocenters. The van der Waals surface area contributed by atoms with Crippen molar-refractivity contribution >= 4 is 39.3 Å². The third kappa shape index (κ3) is 9.36. The molecule has 1 aliphatic carbocycles. The van der Waals surface area contributed by atoms with E-state index in [0.29, 0.717) is 24.5 Å². The number of hydrogen-bond donors (Lipinski definition) is 2. The molecule has 3 aliphatic rings. The predicted octanol–water partition coefficient (Wildman–Crippen LogP) is 6.47. The van der Waals surface area contributed by atoms with Gasteiger partial charge in [-0.1, -0.05) is 29.8 Å². The van der Waals surface area contributed by atoms with Crippen molar-refractivity contribution in [3.63, 3.8) is 0 Å². The van der Waals surface area contributed by atoms with Crippen molar-refractivity contribution in [3.8, 4) is 0 Å². The molecular formula is C37H52ClFN4O6S. The fourth-order valence-electron chi connectivity index (χ4n) is 7.84. The average Bonchev–Trinajstić information content (AvgIpc) is 3.18. The largest absolute Gasteiger partial charge is 0.444 e. The number of nitrogens with one attached hydrogen (secondary N) is 1. The number of nitrogens with two attached hydrogens (primary N) is 1. The van der Waals surface area contributed by atoms with E-state index in [1.807, 2.05) is 19.1 Å². The Balaban J connectivity index is 1.34. The van der Waals surface area contributed by atoms with Crippen LogP contribution in [0.4, 0.5) is 14.9 Å². The molecule has 13 heteroatoms. The standard InChI is InChI=1S/C37H52ClFN4O6S/c1-5-48-29-18-13-25(14-19-29)33(24-11-15-26(38)16-12-24)34(40)35(44)41-32-10-6-9-31(39)30(32)20-17-28-22-42(36(45)49-37(2,3)4)27-8-7-21-50(46,47)43(28)23-27/h6,9-12,15-16,25,27-29,33-34H,5,7-8,13-14,17-23,40H2,1-4H3,(H,41,44)/t25?,27-,28+,29?,33+,34+/m1/s1. The Hall–Kier alpha value is -2.77. The van der Waals surface area contributed by atoms with E-state index in [1.165, 1.54) is 16.4 Å². The van der Waals surface area contributed by atoms with E-state index in [-0.39, 0.29) is 66.9 Å². The van der Waals surface area contributed by atoms with Crippen molar-refractivity contribution < 1.29 is 31.9 Å². The minimum Gasteiger partial charge on any atom is -0.444 e. The van der Waals surface area contributed by atoms with Gasteiger partial charge in [0.25, 0.3) is 0 Å². The van der Waals surface area contributed by atoms with Crippen molar-refractivity contribution in [2.24, 2.45) is 11.7 Å². The van der Waals surface area contributed by atoms with Gasteiger partial charge in [-0.2, -0.15) is 4.31 Å². The van der Waals surface area contributed by atoms with Gasteiger partial charge in [0.05, 0.1) is 17.9 Å². The fourth-order valence-corrected chi connectivity index (χ4v) is 9.75. The van der Waals surface area contributed by atoms with Crippen LogP contribution >= 0.6 is 11.6 Å². The number of fused-ring (bicyclic) bond motifs is 2. The smallest absolute Gasteiger partial charge is 0.410 e. The normalized spacial score (nSPS) is 26.4. The lowest BCUT2D eigenvalue weighted by atomic mass is 9.72. The summed E-state index contributed by atoms with van der Waals surface area (Å²) in [4.78, 5) is 28.8. The first kappa shape index (κ1) is 38.5. The molecule has 0 aromatic heterocycles. The van der Waals surface area contributed by atoms with E-state index in [1.54, 1.807) is 43.9 Å². The fraction of sp³-hybridized carbons (Fsp3) is 0.622. The predicted molar refractivity (Wildman–Crippen MR) is 193 cm³/mol. The van der Waals surface area contributed by atoms with E-state index >= 15 is 4.39 Å². The molecule has 2 aromatic carbocycles. The summed E-state index contributed by atoms with van der Waals surface area (Å²) in [5.74, 6) is -1.12. The third-order valence-corrected chi connectivity index (χ3v) is 12.5. The van der Waals surface area contributed by atoms with E-state index in [4.69, 9.17) is 26.8 Å². The van der Waals surface area contributed by atoms with Gasteiger partial charge in [-0.25, -0.2) is 17.6 Å². The first-order chi connectivity index (χ1) is 23.7. The van der Waals surface area contributed by atoms with Crippen LogP contribution in [-0.2, 0) is 30.7 Å². The summed E-state index contributed by atoms with van der Waals surface area (Å²) in [6.45, 7) is 8.32. The summed E-state index contributed by atoms with van der Waals surface area (Å²) in [6.07, 6.45) is 4.52. The van der Waals surface area contributed by atoms with Gasteiger partial charge in [-0.05, 0) is 115 Å². The molecule has 1 unspecified atom stereocenters. The van der Waals surface area contributed by atoms with Crippen LogP contribution in [-0.4, -0.2) is 84.9 Å². The summed E-state index contributed by atoms with van der Waals surface area (Å²) in [5, 5.41) is 3.51. The number of halogens is 2. The van der Waals surface area contributed by atoms with Gasteiger partial charge >= 0.3 is 6.09 Å². The number of carbonyl (C=O) groups excluding carboxylic acids is 2. The number of sulfonamides is 1. The number of amides is 2. The second-order valence-corrected chi connectivity index (χ2v) is 17.3. The van der Waals surface area contributed by atoms with Crippen LogP contribution in [0.15, 0.2) is 42.5 Å². The van der Waals surface area contributed by atoms with Crippen molar-refractivity contribution in [2.75, 3.05) is 30.8 Å². The zero-order valence-corrected chi connectivity index (χ0v) is 31.1. The molecule has 2 aliphatic heterocycles. The maximum absolute atomic E-state index is 15.5. The number of carbonyl (C=O) groups is 2. The molecule has 2 bridgehead atoms. The van der Waals surface area contributed by atoms with Gasteiger partial charge in [0.15, 0.2) is 0 Å². The zero-order valence-electron chi connectivity index (χ0n) is 29.6. The molecule has 5 rings (SSSR count).